The summed E-state index contributed by atoms with van der Waals surface area (Å²) in [5.41, 5.74) is 2.45. The van der Waals surface area contributed by atoms with Gasteiger partial charge in [-0.3, -0.25) is 9.48 Å². The molecule has 2 fully saturated rings. The second-order valence-corrected chi connectivity index (χ2v) is 6.47. The molecule has 0 radical (unpaired) electrons. The summed E-state index contributed by atoms with van der Waals surface area (Å²) < 4.78 is 1.76. The van der Waals surface area contributed by atoms with E-state index in [0.717, 1.165) is 41.7 Å². The van der Waals surface area contributed by atoms with Gasteiger partial charge in [-0.1, -0.05) is 6.42 Å². The molecular weight excluding hydrogens is 264 g/mol. The van der Waals surface area contributed by atoms with Crippen LogP contribution >= 0.6 is 0 Å². The number of hydrogen-bond acceptors (Lipinski definition) is 3. The minimum absolute atomic E-state index is 0.127. The number of amides is 1. The van der Waals surface area contributed by atoms with Crippen LogP contribution in [0.4, 0.5) is 0 Å². The number of aromatic nitrogens is 3. The molecule has 2 atom stereocenters. The van der Waals surface area contributed by atoms with Crippen LogP contribution in [0.25, 0.3) is 11.0 Å². The van der Waals surface area contributed by atoms with Gasteiger partial charge in [0.05, 0.1) is 11.3 Å². The van der Waals surface area contributed by atoms with E-state index in [4.69, 9.17) is 0 Å². The summed E-state index contributed by atoms with van der Waals surface area (Å²) in [6, 6.07) is 1.95. The highest BCUT2D eigenvalue weighted by atomic mass is 16.2. The number of hydrogen-bond donors (Lipinski definition) is 0. The van der Waals surface area contributed by atoms with Gasteiger partial charge >= 0.3 is 0 Å². The zero-order valence-corrected chi connectivity index (χ0v) is 12.5. The largest absolute Gasteiger partial charge is 0.338 e. The van der Waals surface area contributed by atoms with Gasteiger partial charge < -0.3 is 4.90 Å². The van der Waals surface area contributed by atoms with Crippen molar-refractivity contribution in [2.45, 2.75) is 26.2 Å². The zero-order valence-electron chi connectivity index (χ0n) is 12.5. The van der Waals surface area contributed by atoms with E-state index in [2.05, 4.69) is 10.1 Å². The molecule has 1 amide bonds. The van der Waals surface area contributed by atoms with E-state index in [1.807, 2.05) is 24.9 Å². The van der Waals surface area contributed by atoms with Crippen molar-refractivity contribution in [3.8, 4) is 0 Å². The maximum Gasteiger partial charge on any atom is 0.255 e. The smallest absolute Gasteiger partial charge is 0.255 e. The molecule has 110 valence electrons. The summed E-state index contributed by atoms with van der Waals surface area (Å²) in [6.45, 7) is 3.81. The van der Waals surface area contributed by atoms with Crippen LogP contribution in [0.1, 0.15) is 35.3 Å². The molecule has 0 aromatic carbocycles. The van der Waals surface area contributed by atoms with Gasteiger partial charge in [0, 0.05) is 31.7 Å². The summed E-state index contributed by atoms with van der Waals surface area (Å²) in [4.78, 5) is 19.1. The Morgan fingerprint density at radius 1 is 1.29 bits per heavy atom. The van der Waals surface area contributed by atoms with Crippen molar-refractivity contribution < 1.29 is 4.79 Å². The maximum absolute atomic E-state index is 12.7. The number of likely N-dealkylation sites (tertiary alicyclic amines) is 1. The van der Waals surface area contributed by atoms with Crippen molar-refractivity contribution in [2.75, 3.05) is 13.1 Å². The third-order valence-corrected chi connectivity index (χ3v) is 5.12. The van der Waals surface area contributed by atoms with Crippen LogP contribution in [0.3, 0.4) is 0 Å². The number of nitrogens with zero attached hydrogens (tertiary/aromatic N) is 4. The molecule has 0 N–H and O–H groups in total. The summed E-state index contributed by atoms with van der Waals surface area (Å²) in [7, 11) is 1.88. The number of rotatable bonds is 1. The molecule has 0 unspecified atom stereocenters. The second kappa shape index (κ2) is 4.55. The highest BCUT2D eigenvalue weighted by molar-refractivity contribution is 5.97. The van der Waals surface area contributed by atoms with Crippen LogP contribution in [-0.4, -0.2) is 38.7 Å². The Morgan fingerprint density at radius 3 is 2.71 bits per heavy atom. The van der Waals surface area contributed by atoms with Gasteiger partial charge in [-0.2, -0.15) is 5.10 Å². The highest BCUT2D eigenvalue weighted by Gasteiger charge is 2.38. The Hall–Kier alpha value is -1.91. The summed E-state index contributed by atoms with van der Waals surface area (Å²) in [5, 5.41) is 5.34. The number of pyridine rings is 1. The summed E-state index contributed by atoms with van der Waals surface area (Å²) >= 11 is 0. The number of aryl methyl sites for hydroxylation is 2. The molecule has 0 spiro atoms. The first kappa shape index (κ1) is 12.8. The molecule has 1 saturated heterocycles. The zero-order chi connectivity index (χ0) is 14.6. The van der Waals surface area contributed by atoms with Crippen molar-refractivity contribution in [2.24, 2.45) is 18.9 Å². The maximum atomic E-state index is 12.7. The Labute approximate surface area is 123 Å². The van der Waals surface area contributed by atoms with E-state index in [0.29, 0.717) is 5.56 Å². The van der Waals surface area contributed by atoms with E-state index >= 15 is 0 Å². The van der Waals surface area contributed by atoms with Crippen LogP contribution in [0.5, 0.6) is 0 Å². The van der Waals surface area contributed by atoms with Crippen molar-refractivity contribution in [1.29, 1.82) is 0 Å². The molecule has 2 aromatic rings. The predicted octanol–water partition coefficient (Wildman–Crippen LogP) is 2.15. The van der Waals surface area contributed by atoms with Gasteiger partial charge in [-0.25, -0.2) is 4.98 Å². The minimum Gasteiger partial charge on any atom is -0.338 e. The Bertz CT molecular complexity index is 708. The predicted molar refractivity (Wildman–Crippen MR) is 80.0 cm³/mol. The first-order valence-corrected chi connectivity index (χ1v) is 7.72. The number of carbonyl (C=O) groups is 1. The van der Waals surface area contributed by atoms with Crippen LogP contribution in [-0.2, 0) is 7.05 Å². The van der Waals surface area contributed by atoms with Gasteiger partial charge in [-0.15, -0.1) is 0 Å². The Morgan fingerprint density at radius 2 is 2.00 bits per heavy atom. The lowest BCUT2D eigenvalue weighted by molar-refractivity contribution is 0.0780. The van der Waals surface area contributed by atoms with E-state index in [-0.39, 0.29) is 5.91 Å². The lowest BCUT2D eigenvalue weighted by Gasteiger charge is -2.17. The molecule has 5 heteroatoms. The third-order valence-electron chi connectivity index (χ3n) is 5.12. The first-order chi connectivity index (χ1) is 10.1. The topological polar surface area (TPSA) is 51.0 Å². The van der Waals surface area contributed by atoms with E-state index in [1.165, 1.54) is 19.3 Å². The highest BCUT2D eigenvalue weighted by Crippen LogP contribution is 2.38. The van der Waals surface area contributed by atoms with Crippen LogP contribution in [0.2, 0.25) is 0 Å². The van der Waals surface area contributed by atoms with E-state index < -0.39 is 0 Å². The lowest BCUT2D eigenvalue weighted by atomic mass is 10.0. The molecule has 5 nitrogen and oxygen atoms in total. The normalized spacial score (nSPS) is 24.8. The number of fused-ring (bicyclic) bond motifs is 2. The molecule has 1 aliphatic carbocycles. The monoisotopic (exact) mass is 284 g/mol. The second-order valence-electron chi connectivity index (χ2n) is 6.47. The van der Waals surface area contributed by atoms with Gasteiger partial charge in [-0.05, 0) is 37.7 Å². The quantitative estimate of drug-likeness (QED) is 0.806. The lowest BCUT2D eigenvalue weighted by Crippen LogP contribution is -2.29. The van der Waals surface area contributed by atoms with Crippen LogP contribution in [0, 0.1) is 18.8 Å². The van der Waals surface area contributed by atoms with Gasteiger partial charge in [0.25, 0.3) is 5.91 Å². The van der Waals surface area contributed by atoms with E-state index in [9.17, 15) is 4.79 Å². The molecule has 0 bridgehead atoms. The third kappa shape index (κ3) is 1.94. The van der Waals surface area contributed by atoms with Crippen molar-refractivity contribution in [1.82, 2.24) is 19.7 Å². The summed E-state index contributed by atoms with van der Waals surface area (Å²) in [5.74, 6) is 1.58. The molecular formula is C16H20N4O. The van der Waals surface area contributed by atoms with Gasteiger partial charge in [0.15, 0.2) is 5.65 Å². The Kier molecular flexibility index (Phi) is 2.77. The molecule has 2 aromatic heterocycles. The fourth-order valence-corrected chi connectivity index (χ4v) is 4.01. The molecule has 3 heterocycles. The Balaban J connectivity index is 1.64. The molecule has 21 heavy (non-hydrogen) atoms. The molecule has 2 aliphatic rings. The molecule has 1 aliphatic heterocycles. The average molecular weight is 284 g/mol. The van der Waals surface area contributed by atoms with Gasteiger partial charge in [0.2, 0.25) is 0 Å². The van der Waals surface area contributed by atoms with Crippen LogP contribution in [0.15, 0.2) is 12.3 Å². The first-order valence-electron chi connectivity index (χ1n) is 7.72. The number of carbonyl (C=O) groups excluding carboxylic acids is 1. The molecule has 4 rings (SSSR count). The van der Waals surface area contributed by atoms with Gasteiger partial charge in [0.1, 0.15) is 0 Å². The standard InChI is InChI=1S/C16H20N4O/c1-10-14-6-13(7-17-15(14)19(2)18-10)16(21)20-8-11-4-3-5-12(11)9-20/h6-7,11-12H,3-5,8-9H2,1-2H3/t11-,12+. The minimum atomic E-state index is 0.127. The van der Waals surface area contributed by atoms with Crippen LogP contribution < -0.4 is 0 Å². The molecule has 1 saturated carbocycles. The fraction of sp³-hybridized carbons (Fsp3) is 0.562. The fourth-order valence-electron chi connectivity index (χ4n) is 4.01. The van der Waals surface area contributed by atoms with Crippen molar-refractivity contribution in [3.63, 3.8) is 0 Å². The van der Waals surface area contributed by atoms with E-state index in [1.54, 1.807) is 10.9 Å². The SMILES string of the molecule is Cc1nn(C)c2ncc(C(=O)N3C[C@H]4CCC[C@H]4C3)cc12. The summed E-state index contributed by atoms with van der Waals surface area (Å²) in [6.07, 6.45) is 5.60. The average Bonchev–Trinajstić information content (AvgIpc) is 3.12. The van der Waals surface area contributed by atoms with Crippen molar-refractivity contribution in [3.05, 3.63) is 23.5 Å². The van der Waals surface area contributed by atoms with Crippen molar-refractivity contribution >= 4 is 16.9 Å².